The monoisotopic (exact) mass is 332 g/mol. The van der Waals surface area contributed by atoms with Crippen molar-refractivity contribution in [3.05, 3.63) is 40.1 Å². The van der Waals surface area contributed by atoms with Gasteiger partial charge in [-0.05, 0) is 26.0 Å². The van der Waals surface area contributed by atoms with Gasteiger partial charge in [-0.1, -0.05) is 27.2 Å². The summed E-state index contributed by atoms with van der Waals surface area (Å²) in [6.07, 6.45) is 1.46. The predicted octanol–water partition coefficient (Wildman–Crippen LogP) is 2.96. The molecule has 0 saturated heterocycles. The minimum absolute atomic E-state index is 0.412. The Labute approximate surface area is 124 Å². The molecule has 0 saturated carbocycles. The zero-order valence-corrected chi connectivity index (χ0v) is 12.6. The highest BCUT2D eigenvalue weighted by Gasteiger charge is 2.40. The normalized spacial score (nSPS) is 17.6. The molecule has 1 aliphatic carbocycles. The maximum Gasteiger partial charge on any atom is 0.131 e. The highest BCUT2D eigenvalue weighted by atomic mass is 79.9. The highest BCUT2D eigenvalue weighted by Crippen LogP contribution is 2.44. The fourth-order valence-corrected chi connectivity index (χ4v) is 3.13. The SMILES string of the molecule is CC1(C)/C(=N/O)c2cc(Br)ccc2-c2ncnc(N)c21. The lowest BCUT2D eigenvalue weighted by Crippen LogP contribution is -2.36. The molecule has 0 unspecified atom stereocenters. The summed E-state index contributed by atoms with van der Waals surface area (Å²) in [5, 5.41) is 13.0. The zero-order chi connectivity index (χ0) is 14.5. The molecule has 0 spiro atoms. The summed E-state index contributed by atoms with van der Waals surface area (Å²) >= 11 is 3.44. The summed E-state index contributed by atoms with van der Waals surface area (Å²) in [5.74, 6) is 0.412. The summed E-state index contributed by atoms with van der Waals surface area (Å²) in [6.45, 7) is 3.90. The van der Waals surface area contributed by atoms with Crippen LogP contribution >= 0.6 is 15.9 Å². The van der Waals surface area contributed by atoms with Crippen LogP contribution < -0.4 is 5.73 Å². The minimum atomic E-state index is -0.566. The van der Waals surface area contributed by atoms with Gasteiger partial charge in [-0.15, -0.1) is 0 Å². The van der Waals surface area contributed by atoms with Crippen molar-refractivity contribution in [3.8, 4) is 11.3 Å². The van der Waals surface area contributed by atoms with Crippen LogP contribution in [0.1, 0.15) is 25.0 Å². The van der Waals surface area contributed by atoms with Crippen molar-refractivity contribution >= 4 is 27.5 Å². The first-order valence-electron chi connectivity index (χ1n) is 6.10. The van der Waals surface area contributed by atoms with E-state index >= 15 is 0 Å². The van der Waals surface area contributed by atoms with E-state index in [0.29, 0.717) is 11.5 Å². The van der Waals surface area contributed by atoms with Gasteiger partial charge in [0.1, 0.15) is 12.1 Å². The number of hydrogen-bond acceptors (Lipinski definition) is 5. The van der Waals surface area contributed by atoms with Crippen LogP contribution in [-0.4, -0.2) is 20.9 Å². The summed E-state index contributed by atoms with van der Waals surface area (Å²) in [7, 11) is 0. The molecule has 0 atom stereocenters. The first-order valence-corrected chi connectivity index (χ1v) is 6.90. The molecular formula is C14H13BrN4O. The molecule has 1 heterocycles. The van der Waals surface area contributed by atoms with Gasteiger partial charge in [-0.3, -0.25) is 0 Å². The van der Waals surface area contributed by atoms with E-state index in [1.54, 1.807) is 0 Å². The van der Waals surface area contributed by atoms with E-state index in [4.69, 9.17) is 5.73 Å². The number of nitrogen functional groups attached to an aromatic ring is 1. The first-order chi connectivity index (χ1) is 9.46. The van der Waals surface area contributed by atoms with E-state index in [0.717, 1.165) is 26.9 Å². The van der Waals surface area contributed by atoms with Crippen LogP contribution in [0, 0.1) is 0 Å². The van der Waals surface area contributed by atoms with E-state index in [1.807, 2.05) is 32.0 Å². The predicted molar refractivity (Wildman–Crippen MR) is 80.9 cm³/mol. The molecule has 0 bridgehead atoms. The Morgan fingerprint density at radius 3 is 2.70 bits per heavy atom. The Morgan fingerprint density at radius 1 is 1.25 bits per heavy atom. The van der Waals surface area contributed by atoms with Crippen LogP contribution in [0.5, 0.6) is 0 Å². The Balaban J connectivity index is 2.46. The van der Waals surface area contributed by atoms with Gasteiger partial charge in [0.2, 0.25) is 0 Å². The molecule has 0 radical (unpaired) electrons. The number of rotatable bonds is 0. The molecule has 0 aliphatic heterocycles. The maximum atomic E-state index is 9.47. The van der Waals surface area contributed by atoms with Gasteiger partial charge in [0.05, 0.1) is 11.4 Å². The lowest BCUT2D eigenvalue weighted by atomic mass is 9.70. The van der Waals surface area contributed by atoms with E-state index in [1.165, 1.54) is 6.33 Å². The Kier molecular flexibility index (Phi) is 2.79. The van der Waals surface area contributed by atoms with Crippen molar-refractivity contribution in [1.29, 1.82) is 0 Å². The van der Waals surface area contributed by atoms with Gasteiger partial charge < -0.3 is 10.9 Å². The van der Waals surface area contributed by atoms with Crippen LogP contribution in [0.4, 0.5) is 5.82 Å². The second-order valence-corrected chi connectivity index (χ2v) is 6.16. The second kappa shape index (κ2) is 4.28. The summed E-state index contributed by atoms with van der Waals surface area (Å²) in [5.41, 5.74) is 9.34. The number of fused-ring (bicyclic) bond motifs is 3. The first kappa shape index (κ1) is 13.1. The topological polar surface area (TPSA) is 84.4 Å². The number of hydrogen-bond donors (Lipinski definition) is 2. The van der Waals surface area contributed by atoms with Crippen molar-refractivity contribution in [2.75, 3.05) is 5.73 Å². The molecule has 1 aliphatic rings. The average Bonchev–Trinajstić information content (AvgIpc) is 2.38. The summed E-state index contributed by atoms with van der Waals surface area (Å²) in [6, 6.07) is 5.78. The fourth-order valence-electron chi connectivity index (χ4n) is 2.77. The maximum absolute atomic E-state index is 9.47. The van der Waals surface area contributed by atoms with Crippen molar-refractivity contribution < 1.29 is 5.21 Å². The van der Waals surface area contributed by atoms with Crippen molar-refractivity contribution in [1.82, 2.24) is 9.97 Å². The molecule has 20 heavy (non-hydrogen) atoms. The van der Waals surface area contributed by atoms with E-state index in [9.17, 15) is 5.21 Å². The van der Waals surface area contributed by atoms with Crippen LogP contribution in [0.2, 0.25) is 0 Å². The Hall–Kier alpha value is -1.95. The van der Waals surface area contributed by atoms with Gasteiger partial charge in [-0.25, -0.2) is 9.97 Å². The lowest BCUT2D eigenvalue weighted by Gasteiger charge is -2.34. The van der Waals surface area contributed by atoms with Gasteiger partial charge in [0.15, 0.2) is 0 Å². The largest absolute Gasteiger partial charge is 0.411 e. The third kappa shape index (κ3) is 1.64. The second-order valence-electron chi connectivity index (χ2n) is 5.25. The lowest BCUT2D eigenvalue weighted by molar-refractivity contribution is 0.314. The molecule has 6 heteroatoms. The smallest absolute Gasteiger partial charge is 0.131 e. The zero-order valence-electron chi connectivity index (χ0n) is 11.1. The number of aromatic nitrogens is 2. The van der Waals surface area contributed by atoms with Gasteiger partial charge in [0.25, 0.3) is 0 Å². The number of benzene rings is 1. The number of nitrogens with zero attached hydrogens (tertiary/aromatic N) is 3. The van der Waals surface area contributed by atoms with E-state index in [-0.39, 0.29) is 0 Å². The van der Waals surface area contributed by atoms with Crippen molar-refractivity contribution in [2.24, 2.45) is 5.16 Å². The highest BCUT2D eigenvalue weighted by molar-refractivity contribution is 9.10. The van der Waals surface area contributed by atoms with Gasteiger partial charge in [-0.2, -0.15) is 0 Å². The van der Waals surface area contributed by atoms with Crippen LogP contribution in [0.25, 0.3) is 11.3 Å². The van der Waals surface area contributed by atoms with Crippen LogP contribution in [0.3, 0.4) is 0 Å². The summed E-state index contributed by atoms with van der Waals surface area (Å²) < 4.78 is 0.915. The Bertz CT molecular complexity index is 740. The molecule has 3 rings (SSSR count). The average molecular weight is 333 g/mol. The van der Waals surface area contributed by atoms with Gasteiger partial charge >= 0.3 is 0 Å². The molecule has 1 aromatic heterocycles. The number of anilines is 1. The number of halogens is 1. The fraction of sp³-hybridized carbons (Fsp3) is 0.214. The third-order valence-electron chi connectivity index (χ3n) is 3.69. The third-order valence-corrected chi connectivity index (χ3v) is 4.18. The molecule has 2 aromatic rings. The molecule has 0 fully saturated rings. The molecule has 0 amide bonds. The quantitative estimate of drug-likeness (QED) is 0.573. The van der Waals surface area contributed by atoms with E-state index < -0.39 is 5.41 Å². The van der Waals surface area contributed by atoms with Crippen molar-refractivity contribution in [2.45, 2.75) is 19.3 Å². The molecular weight excluding hydrogens is 320 g/mol. The number of oxime groups is 1. The van der Waals surface area contributed by atoms with E-state index in [2.05, 4.69) is 31.1 Å². The molecule has 1 aromatic carbocycles. The van der Waals surface area contributed by atoms with Gasteiger partial charge in [0, 0.05) is 26.6 Å². The summed E-state index contributed by atoms with van der Waals surface area (Å²) in [4.78, 5) is 8.44. The van der Waals surface area contributed by atoms with Crippen LogP contribution in [-0.2, 0) is 5.41 Å². The Morgan fingerprint density at radius 2 is 2.00 bits per heavy atom. The minimum Gasteiger partial charge on any atom is -0.411 e. The molecule has 102 valence electrons. The van der Waals surface area contributed by atoms with Crippen LogP contribution in [0.15, 0.2) is 34.2 Å². The molecule has 5 nitrogen and oxygen atoms in total. The molecule has 3 N–H and O–H groups in total. The standard InChI is InChI=1S/C14H13BrN4O/c1-14(2)10-11(17-6-18-13(10)16)8-4-3-7(15)5-9(8)12(14)19-20/h3-6,20H,1-2H3,(H2,16,17,18)/b19-12+. The van der Waals surface area contributed by atoms with Crippen molar-refractivity contribution in [3.63, 3.8) is 0 Å². The number of nitrogens with two attached hydrogens (primary N) is 1.